The number of benzene rings is 2. The van der Waals surface area contributed by atoms with E-state index in [4.69, 9.17) is 5.73 Å². The van der Waals surface area contributed by atoms with Crippen LogP contribution in [0.5, 0.6) is 0 Å². The van der Waals surface area contributed by atoms with Gasteiger partial charge in [-0.1, -0.05) is 24.3 Å². The minimum atomic E-state index is -0.494. The molecule has 1 saturated heterocycles. The molecule has 0 aliphatic carbocycles. The van der Waals surface area contributed by atoms with Gasteiger partial charge in [0.1, 0.15) is 0 Å². The summed E-state index contributed by atoms with van der Waals surface area (Å²) in [6.45, 7) is 3.60. The Morgan fingerprint density at radius 2 is 2.00 bits per heavy atom. The van der Waals surface area contributed by atoms with Crippen molar-refractivity contribution in [2.75, 3.05) is 18.4 Å². The molecule has 0 bridgehead atoms. The number of anilines is 1. The summed E-state index contributed by atoms with van der Waals surface area (Å²) in [6.07, 6.45) is 1.70. The minimum absolute atomic E-state index is 0.0863. The summed E-state index contributed by atoms with van der Waals surface area (Å²) < 4.78 is 0. The lowest BCUT2D eigenvalue weighted by molar-refractivity contribution is -0.385. The number of nitrogens with one attached hydrogen (secondary N) is 1. The fraction of sp³-hybridized carbons (Fsp3) is 0.333. The van der Waals surface area contributed by atoms with Crippen molar-refractivity contribution in [2.45, 2.75) is 26.3 Å². The highest BCUT2D eigenvalue weighted by molar-refractivity contribution is 6.06. The average Bonchev–Trinajstić information content (AvgIpc) is 2.69. The Bertz CT molecular complexity index is 944. The highest BCUT2D eigenvalue weighted by Gasteiger charge is 2.25. The van der Waals surface area contributed by atoms with Gasteiger partial charge in [-0.25, -0.2) is 0 Å². The van der Waals surface area contributed by atoms with E-state index < -0.39 is 10.8 Å². The summed E-state index contributed by atoms with van der Waals surface area (Å²) in [7, 11) is 0. The summed E-state index contributed by atoms with van der Waals surface area (Å²) in [5.74, 6) is -0.831. The molecule has 29 heavy (non-hydrogen) atoms. The van der Waals surface area contributed by atoms with Gasteiger partial charge in [0, 0.05) is 36.0 Å². The van der Waals surface area contributed by atoms with Crippen LogP contribution in [0.1, 0.15) is 34.3 Å². The zero-order chi connectivity index (χ0) is 21.0. The van der Waals surface area contributed by atoms with Crippen molar-refractivity contribution >= 4 is 23.2 Å². The molecule has 0 radical (unpaired) electrons. The number of hydrogen-bond donors (Lipinski definition) is 2. The lowest BCUT2D eigenvalue weighted by Crippen LogP contribution is -2.40. The number of likely N-dealkylation sites (tertiary alicyclic amines) is 1. The Balaban J connectivity index is 1.78. The van der Waals surface area contributed by atoms with Gasteiger partial charge in [0.15, 0.2) is 0 Å². The molecule has 8 nitrogen and oxygen atoms in total. The van der Waals surface area contributed by atoms with Crippen molar-refractivity contribution in [1.29, 1.82) is 0 Å². The lowest BCUT2D eigenvalue weighted by atomic mass is 9.97. The van der Waals surface area contributed by atoms with E-state index in [1.807, 2.05) is 18.2 Å². The van der Waals surface area contributed by atoms with E-state index >= 15 is 0 Å². The van der Waals surface area contributed by atoms with Crippen molar-refractivity contribution in [2.24, 2.45) is 11.7 Å². The van der Waals surface area contributed by atoms with Gasteiger partial charge in [-0.05, 0) is 44.0 Å². The molecule has 2 aromatic rings. The number of rotatable bonds is 6. The fourth-order valence-electron chi connectivity index (χ4n) is 3.71. The van der Waals surface area contributed by atoms with Gasteiger partial charge in [0.25, 0.3) is 11.6 Å². The molecule has 1 unspecified atom stereocenters. The maximum atomic E-state index is 12.8. The van der Waals surface area contributed by atoms with Crippen LogP contribution in [0.4, 0.5) is 11.4 Å². The third kappa shape index (κ3) is 4.78. The predicted octanol–water partition coefficient (Wildman–Crippen LogP) is 2.85. The number of piperidine rings is 1. The maximum Gasteiger partial charge on any atom is 0.273 e. The van der Waals surface area contributed by atoms with Gasteiger partial charge in [-0.2, -0.15) is 0 Å². The maximum absolute atomic E-state index is 12.8. The van der Waals surface area contributed by atoms with Gasteiger partial charge in [-0.15, -0.1) is 0 Å². The Morgan fingerprint density at radius 1 is 1.24 bits per heavy atom. The molecule has 0 spiro atoms. The van der Waals surface area contributed by atoms with E-state index in [0.29, 0.717) is 24.3 Å². The van der Waals surface area contributed by atoms with Crippen LogP contribution in [0.2, 0.25) is 0 Å². The number of para-hydroxylation sites is 1. The summed E-state index contributed by atoms with van der Waals surface area (Å²) in [5.41, 5.74) is 7.52. The number of nitro groups is 1. The smallest absolute Gasteiger partial charge is 0.273 e. The highest BCUT2D eigenvalue weighted by Crippen LogP contribution is 2.25. The average molecular weight is 396 g/mol. The highest BCUT2D eigenvalue weighted by atomic mass is 16.6. The molecule has 0 aromatic heterocycles. The zero-order valence-corrected chi connectivity index (χ0v) is 16.3. The first kappa shape index (κ1) is 20.5. The van der Waals surface area contributed by atoms with Gasteiger partial charge in [-0.3, -0.25) is 24.6 Å². The number of carbonyl (C=O) groups excluding carboxylic acids is 2. The Hall–Kier alpha value is -3.26. The molecule has 1 atom stereocenters. The molecule has 1 fully saturated rings. The lowest BCUT2D eigenvalue weighted by Gasteiger charge is -2.31. The number of nitrogens with two attached hydrogens (primary N) is 1. The first-order valence-electron chi connectivity index (χ1n) is 9.51. The number of nitro benzene ring substituents is 1. The molecule has 3 N–H and O–H groups in total. The zero-order valence-electron chi connectivity index (χ0n) is 16.3. The molecule has 2 aromatic carbocycles. The van der Waals surface area contributed by atoms with E-state index in [1.54, 1.807) is 19.1 Å². The second-order valence-electron chi connectivity index (χ2n) is 7.29. The van der Waals surface area contributed by atoms with Crippen molar-refractivity contribution in [1.82, 2.24) is 4.90 Å². The quantitative estimate of drug-likeness (QED) is 0.575. The number of nitrogens with zero attached hydrogens (tertiary/aromatic N) is 2. The van der Waals surface area contributed by atoms with Crippen LogP contribution in [-0.2, 0) is 11.3 Å². The summed E-state index contributed by atoms with van der Waals surface area (Å²) in [4.78, 5) is 37.1. The molecule has 2 amide bonds. The number of carbonyl (C=O) groups is 2. The van der Waals surface area contributed by atoms with E-state index in [9.17, 15) is 19.7 Å². The number of primary amides is 1. The van der Waals surface area contributed by atoms with Gasteiger partial charge < -0.3 is 11.1 Å². The largest absolute Gasteiger partial charge is 0.369 e. The Morgan fingerprint density at radius 3 is 2.72 bits per heavy atom. The molecule has 1 aliphatic rings. The SMILES string of the molecule is Cc1c(C(=O)Nc2ccccc2CN2CCCC(C(N)=O)C2)cccc1[N+](=O)[O-]. The first-order chi connectivity index (χ1) is 13.9. The topological polar surface area (TPSA) is 119 Å². The molecule has 3 rings (SSSR count). The molecular weight excluding hydrogens is 372 g/mol. The van der Waals surface area contributed by atoms with Gasteiger partial charge in [0.05, 0.1) is 10.8 Å². The summed E-state index contributed by atoms with van der Waals surface area (Å²) in [6, 6.07) is 11.9. The van der Waals surface area contributed by atoms with E-state index in [2.05, 4.69) is 10.2 Å². The van der Waals surface area contributed by atoms with Crippen LogP contribution in [0.15, 0.2) is 42.5 Å². The fourth-order valence-corrected chi connectivity index (χ4v) is 3.71. The molecule has 152 valence electrons. The van der Waals surface area contributed by atoms with Crippen LogP contribution in [0, 0.1) is 23.0 Å². The third-order valence-corrected chi connectivity index (χ3v) is 5.31. The summed E-state index contributed by atoms with van der Waals surface area (Å²) in [5, 5.41) is 14.0. The van der Waals surface area contributed by atoms with E-state index in [1.165, 1.54) is 12.1 Å². The predicted molar refractivity (Wildman–Crippen MR) is 109 cm³/mol. The molecule has 8 heteroatoms. The van der Waals surface area contributed by atoms with Crippen LogP contribution in [0.3, 0.4) is 0 Å². The molecular formula is C21H24N4O4. The monoisotopic (exact) mass is 396 g/mol. The first-order valence-corrected chi connectivity index (χ1v) is 9.51. The number of hydrogen-bond acceptors (Lipinski definition) is 5. The Kier molecular flexibility index (Phi) is 6.23. The number of amides is 2. The van der Waals surface area contributed by atoms with Crippen molar-refractivity contribution in [3.63, 3.8) is 0 Å². The second kappa shape index (κ2) is 8.83. The van der Waals surface area contributed by atoms with Crippen molar-refractivity contribution in [3.05, 3.63) is 69.3 Å². The summed E-state index contributed by atoms with van der Waals surface area (Å²) >= 11 is 0. The van der Waals surface area contributed by atoms with Crippen molar-refractivity contribution in [3.8, 4) is 0 Å². The van der Waals surface area contributed by atoms with Gasteiger partial charge in [0.2, 0.25) is 5.91 Å². The standard InChI is InChI=1S/C21H24N4O4/c1-14-17(8-4-10-19(14)25(28)29)21(27)23-18-9-3-2-6-15(18)12-24-11-5-7-16(13-24)20(22)26/h2-4,6,8-10,16H,5,7,11-13H2,1H3,(H2,22,26)(H,23,27). The normalized spacial score (nSPS) is 16.9. The van der Waals surface area contributed by atoms with E-state index in [-0.39, 0.29) is 23.1 Å². The second-order valence-corrected chi connectivity index (χ2v) is 7.29. The van der Waals surface area contributed by atoms with Crippen LogP contribution < -0.4 is 11.1 Å². The van der Waals surface area contributed by atoms with Crippen LogP contribution in [0.25, 0.3) is 0 Å². The molecule has 0 saturated carbocycles. The molecule has 1 heterocycles. The minimum Gasteiger partial charge on any atom is -0.369 e. The van der Waals surface area contributed by atoms with Crippen LogP contribution >= 0.6 is 0 Å². The van der Waals surface area contributed by atoms with Gasteiger partial charge >= 0.3 is 0 Å². The Labute approximate surface area is 168 Å². The molecule has 1 aliphatic heterocycles. The van der Waals surface area contributed by atoms with E-state index in [0.717, 1.165) is 24.9 Å². The third-order valence-electron chi connectivity index (χ3n) is 5.31. The van der Waals surface area contributed by atoms with Crippen molar-refractivity contribution < 1.29 is 14.5 Å². The van der Waals surface area contributed by atoms with Crippen LogP contribution in [-0.4, -0.2) is 34.7 Å².